The maximum absolute atomic E-state index is 11.6. The zero-order chi connectivity index (χ0) is 19.9. The lowest BCUT2D eigenvalue weighted by molar-refractivity contribution is 0.415. The third-order valence-corrected chi connectivity index (χ3v) is 5.08. The molecule has 0 saturated carbocycles. The number of nitrogens with one attached hydrogen (secondary N) is 2. The second-order valence-electron chi connectivity index (χ2n) is 5.66. The van der Waals surface area contributed by atoms with Crippen LogP contribution in [0.25, 0.3) is 0 Å². The van der Waals surface area contributed by atoms with E-state index in [2.05, 4.69) is 20.0 Å². The Morgan fingerprint density at radius 1 is 1.14 bits per heavy atom. The van der Waals surface area contributed by atoms with Gasteiger partial charge in [0.2, 0.25) is 5.95 Å². The fourth-order valence-corrected chi connectivity index (χ4v) is 3.06. The first-order chi connectivity index (χ1) is 13.6. The number of halogens is 1. The van der Waals surface area contributed by atoms with E-state index < -0.39 is 11.0 Å². The Hall–Kier alpha value is -2.84. The van der Waals surface area contributed by atoms with Gasteiger partial charge in [-0.2, -0.15) is 4.98 Å². The molecule has 0 bridgehead atoms. The van der Waals surface area contributed by atoms with Crippen LogP contribution < -0.4 is 19.2 Å². The molecule has 1 atom stereocenters. The minimum absolute atomic E-state index is 0.330. The van der Waals surface area contributed by atoms with Gasteiger partial charge >= 0.3 is 0 Å². The summed E-state index contributed by atoms with van der Waals surface area (Å²) in [6.07, 6.45) is 1.63. The largest absolute Gasteiger partial charge is 0.497 e. The van der Waals surface area contributed by atoms with Crippen LogP contribution in [0.3, 0.4) is 0 Å². The van der Waals surface area contributed by atoms with E-state index >= 15 is 0 Å². The van der Waals surface area contributed by atoms with E-state index in [0.717, 1.165) is 11.4 Å². The molecule has 0 fully saturated rings. The van der Waals surface area contributed by atoms with E-state index in [1.165, 1.54) is 4.42 Å². The van der Waals surface area contributed by atoms with E-state index in [9.17, 15) is 4.21 Å². The summed E-state index contributed by atoms with van der Waals surface area (Å²) in [5.41, 5.74) is 2.32. The van der Waals surface area contributed by atoms with Crippen molar-refractivity contribution in [3.05, 3.63) is 60.8 Å². The topological polar surface area (TPSA) is 79.4 Å². The van der Waals surface area contributed by atoms with Crippen molar-refractivity contribution < 1.29 is 8.95 Å². The predicted molar refractivity (Wildman–Crippen MR) is 115 cm³/mol. The average molecular weight is 418 g/mol. The van der Waals surface area contributed by atoms with Crippen LogP contribution in [0, 0.1) is 0 Å². The quantitative estimate of drug-likeness (QED) is 0.521. The minimum atomic E-state index is -1.07. The van der Waals surface area contributed by atoms with Gasteiger partial charge in [-0.3, -0.25) is 0 Å². The van der Waals surface area contributed by atoms with Crippen molar-refractivity contribution in [2.24, 2.45) is 0 Å². The summed E-state index contributed by atoms with van der Waals surface area (Å²) in [5.74, 6) is 2.16. The van der Waals surface area contributed by atoms with Gasteiger partial charge in [0.15, 0.2) is 0 Å². The molecular weight excluding hydrogens is 398 g/mol. The molecule has 7 nitrogen and oxygen atoms in total. The van der Waals surface area contributed by atoms with Gasteiger partial charge in [-0.05, 0) is 42.5 Å². The van der Waals surface area contributed by atoms with E-state index in [-0.39, 0.29) is 0 Å². The first kappa shape index (κ1) is 19.9. The molecule has 2 N–H and O–H groups in total. The molecule has 1 unspecified atom stereocenters. The number of ether oxygens (including phenoxy) is 1. The molecule has 0 radical (unpaired) electrons. The van der Waals surface area contributed by atoms with Gasteiger partial charge in [-0.15, -0.1) is 0 Å². The molecular formula is C19H20ClN5O2S. The molecule has 146 valence electrons. The lowest BCUT2D eigenvalue weighted by Gasteiger charge is -2.15. The van der Waals surface area contributed by atoms with Crippen LogP contribution in [0.2, 0.25) is 0 Å². The summed E-state index contributed by atoms with van der Waals surface area (Å²) in [7, 11) is 0.525. The number of hydrogen-bond donors (Lipinski definition) is 2. The Kier molecular flexibility index (Phi) is 6.67. The normalized spacial score (nSPS) is 11.5. The summed E-state index contributed by atoms with van der Waals surface area (Å²) in [5, 5.41) is 3.20. The standard InChI is InChI=1S/C19H20ClN5O2S/c1-3-28(26)24-15-9-7-14(8-10-15)22-18-11-12-21-19(23-18)25(20)16-5-4-6-17(13-16)27-2/h4-13,24H,3H2,1-2H3,(H,21,22,23). The smallest absolute Gasteiger partial charge is 0.247 e. The molecule has 0 amide bonds. The van der Waals surface area contributed by atoms with Crippen molar-refractivity contribution in [2.45, 2.75) is 6.92 Å². The molecule has 3 rings (SSSR count). The summed E-state index contributed by atoms with van der Waals surface area (Å²) in [4.78, 5) is 8.68. The van der Waals surface area contributed by atoms with Crippen LogP contribution in [0.1, 0.15) is 6.92 Å². The van der Waals surface area contributed by atoms with E-state index in [0.29, 0.717) is 29.0 Å². The van der Waals surface area contributed by atoms with Crippen molar-refractivity contribution in [1.29, 1.82) is 0 Å². The van der Waals surface area contributed by atoms with Crippen molar-refractivity contribution in [3.63, 3.8) is 0 Å². The van der Waals surface area contributed by atoms with Crippen LogP contribution in [0.5, 0.6) is 5.75 Å². The van der Waals surface area contributed by atoms with Gasteiger partial charge in [0.1, 0.15) is 22.6 Å². The third-order valence-electron chi connectivity index (χ3n) is 3.75. The van der Waals surface area contributed by atoms with Crippen molar-refractivity contribution in [1.82, 2.24) is 9.97 Å². The molecule has 3 aromatic rings. The lowest BCUT2D eigenvalue weighted by Crippen LogP contribution is -2.08. The first-order valence-electron chi connectivity index (χ1n) is 8.54. The summed E-state index contributed by atoms with van der Waals surface area (Å²) >= 11 is 6.41. The third kappa shape index (κ3) is 5.11. The maximum atomic E-state index is 11.6. The highest BCUT2D eigenvalue weighted by molar-refractivity contribution is 7.86. The van der Waals surface area contributed by atoms with Crippen molar-refractivity contribution in [2.75, 3.05) is 27.3 Å². The number of nitrogens with zero attached hydrogens (tertiary/aromatic N) is 3. The SMILES string of the molecule is CCS(=O)Nc1ccc(Nc2ccnc(N(Cl)c3cccc(OC)c3)n2)cc1. The number of anilines is 5. The maximum Gasteiger partial charge on any atom is 0.247 e. The number of benzene rings is 2. The Morgan fingerprint density at radius 2 is 1.89 bits per heavy atom. The van der Waals surface area contributed by atoms with Gasteiger partial charge in [-0.25, -0.2) is 13.6 Å². The molecule has 2 aromatic carbocycles. The zero-order valence-corrected chi connectivity index (χ0v) is 17.0. The van der Waals surface area contributed by atoms with Crippen molar-refractivity contribution in [3.8, 4) is 5.75 Å². The van der Waals surface area contributed by atoms with Crippen LogP contribution in [0.4, 0.5) is 28.8 Å². The molecule has 1 aromatic heterocycles. The Balaban J connectivity index is 1.73. The molecule has 0 aliphatic carbocycles. The van der Waals surface area contributed by atoms with Gasteiger partial charge in [0.05, 0.1) is 12.8 Å². The monoisotopic (exact) mass is 417 g/mol. The number of aromatic nitrogens is 2. The average Bonchev–Trinajstić information content (AvgIpc) is 2.74. The predicted octanol–water partition coefficient (Wildman–Crippen LogP) is 4.62. The Bertz CT molecular complexity index is 955. The highest BCUT2D eigenvalue weighted by Gasteiger charge is 2.11. The highest BCUT2D eigenvalue weighted by atomic mass is 35.5. The minimum Gasteiger partial charge on any atom is -0.497 e. The highest BCUT2D eigenvalue weighted by Crippen LogP contribution is 2.28. The molecule has 0 aliphatic rings. The van der Waals surface area contributed by atoms with Gasteiger partial charge in [-0.1, -0.05) is 13.0 Å². The fourth-order valence-electron chi connectivity index (χ4n) is 2.33. The molecule has 1 heterocycles. The fraction of sp³-hybridized carbons (Fsp3) is 0.158. The van der Waals surface area contributed by atoms with Gasteiger partial charge < -0.3 is 14.8 Å². The molecule has 0 saturated heterocycles. The van der Waals surface area contributed by atoms with Crippen LogP contribution in [-0.2, 0) is 11.0 Å². The molecule has 9 heteroatoms. The Labute approximate surface area is 171 Å². The van der Waals surface area contributed by atoms with Crippen LogP contribution >= 0.6 is 11.8 Å². The van der Waals surface area contributed by atoms with E-state index in [1.807, 2.05) is 49.4 Å². The molecule has 0 aliphatic heterocycles. The number of methoxy groups -OCH3 is 1. The number of rotatable bonds is 8. The van der Waals surface area contributed by atoms with E-state index in [4.69, 9.17) is 16.5 Å². The Morgan fingerprint density at radius 3 is 2.61 bits per heavy atom. The molecule has 28 heavy (non-hydrogen) atoms. The lowest BCUT2D eigenvalue weighted by atomic mass is 10.3. The second kappa shape index (κ2) is 9.38. The number of hydrogen-bond acceptors (Lipinski definition) is 6. The van der Waals surface area contributed by atoms with Crippen molar-refractivity contribution >= 4 is 51.6 Å². The van der Waals surface area contributed by atoms with Crippen LogP contribution in [-0.4, -0.2) is 27.0 Å². The zero-order valence-electron chi connectivity index (χ0n) is 15.4. The van der Waals surface area contributed by atoms with Crippen LogP contribution in [0.15, 0.2) is 60.8 Å². The van der Waals surface area contributed by atoms with E-state index in [1.54, 1.807) is 25.4 Å². The van der Waals surface area contributed by atoms with Gasteiger partial charge in [0.25, 0.3) is 0 Å². The molecule has 0 spiro atoms. The summed E-state index contributed by atoms with van der Waals surface area (Å²) in [6.45, 7) is 1.86. The summed E-state index contributed by atoms with van der Waals surface area (Å²) < 4.78 is 21.1. The first-order valence-corrected chi connectivity index (χ1v) is 10.2. The van der Waals surface area contributed by atoms with Gasteiger partial charge in [0, 0.05) is 41.2 Å². The second-order valence-corrected chi connectivity index (χ2v) is 7.47. The summed E-state index contributed by atoms with van der Waals surface area (Å²) in [6, 6.07) is 16.5.